The Morgan fingerprint density at radius 2 is 2.15 bits per heavy atom. The highest BCUT2D eigenvalue weighted by Gasteiger charge is 2.33. The Labute approximate surface area is 123 Å². The fourth-order valence-electron chi connectivity index (χ4n) is 4.09. The number of ether oxygens (including phenoxy) is 1. The van der Waals surface area contributed by atoms with Crippen molar-refractivity contribution < 1.29 is 9.53 Å². The van der Waals surface area contributed by atoms with Crippen LogP contribution in [0, 0.1) is 17.3 Å². The molecule has 0 aromatic carbocycles. The van der Waals surface area contributed by atoms with Gasteiger partial charge in [-0.3, -0.25) is 4.79 Å². The Morgan fingerprint density at radius 1 is 1.35 bits per heavy atom. The molecule has 2 fully saturated rings. The summed E-state index contributed by atoms with van der Waals surface area (Å²) in [6.07, 6.45) is 7.53. The van der Waals surface area contributed by atoms with Crippen LogP contribution in [0.5, 0.6) is 0 Å². The molecule has 20 heavy (non-hydrogen) atoms. The third-order valence-electron chi connectivity index (χ3n) is 4.80. The second-order valence-corrected chi connectivity index (χ2v) is 7.78. The van der Waals surface area contributed by atoms with Gasteiger partial charge in [0.1, 0.15) is 6.10 Å². The normalized spacial score (nSPS) is 33.6. The molecule has 1 N–H and O–H groups in total. The van der Waals surface area contributed by atoms with Crippen LogP contribution < -0.4 is 5.32 Å². The minimum Gasteiger partial charge on any atom is -0.462 e. The SMILES string of the molecule is CC1CC(OC(=O)CCC2CCCNC2)CC(C)(C)C1. The number of carbonyl (C=O) groups excluding carboxylic acids is 1. The van der Waals surface area contributed by atoms with Crippen LogP contribution in [0.3, 0.4) is 0 Å². The Kier molecular flexibility index (Phi) is 5.48. The Hall–Kier alpha value is -0.570. The molecular formula is C17H31NO2. The maximum absolute atomic E-state index is 12.0. The van der Waals surface area contributed by atoms with Gasteiger partial charge in [-0.2, -0.15) is 0 Å². The average molecular weight is 281 g/mol. The molecule has 3 unspecified atom stereocenters. The highest BCUT2D eigenvalue weighted by Crippen LogP contribution is 2.39. The summed E-state index contributed by atoms with van der Waals surface area (Å²) in [5.41, 5.74) is 0.315. The molecule has 3 atom stereocenters. The number of nitrogens with one attached hydrogen (secondary N) is 1. The van der Waals surface area contributed by atoms with Crippen LogP contribution in [0.2, 0.25) is 0 Å². The third-order valence-corrected chi connectivity index (χ3v) is 4.80. The molecule has 2 rings (SSSR count). The summed E-state index contributed by atoms with van der Waals surface area (Å²) in [6.45, 7) is 9.06. The molecule has 116 valence electrons. The number of hydrogen-bond acceptors (Lipinski definition) is 3. The van der Waals surface area contributed by atoms with Crippen LogP contribution in [0.1, 0.15) is 65.7 Å². The van der Waals surface area contributed by atoms with Crippen molar-refractivity contribution in [2.45, 2.75) is 71.8 Å². The van der Waals surface area contributed by atoms with Gasteiger partial charge < -0.3 is 10.1 Å². The fraction of sp³-hybridized carbons (Fsp3) is 0.941. The van der Waals surface area contributed by atoms with Crippen LogP contribution in [0.4, 0.5) is 0 Å². The van der Waals surface area contributed by atoms with Gasteiger partial charge in [0.05, 0.1) is 0 Å². The van der Waals surface area contributed by atoms with Crippen molar-refractivity contribution in [3.8, 4) is 0 Å². The molecule has 0 bridgehead atoms. The standard InChI is InChI=1S/C17H31NO2/c1-13-9-15(11-17(2,3)10-13)20-16(19)7-6-14-5-4-8-18-12-14/h13-15,18H,4-12H2,1-3H3. The van der Waals surface area contributed by atoms with Crippen LogP contribution in [0.25, 0.3) is 0 Å². The first-order valence-corrected chi connectivity index (χ1v) is 8.35. The van der Waals surface area contributed by atoms with Gasteiger partial charge in [0.25, 0.3) is 0 Å². The third kappa shape index (κ3) is 5.08. The lowest BCUT2D eigenvalue weighted by molar-refractivity contribution is -0.153. The first-order valence-electron chi connectivity index (χ1n) is 8.35. The van der Waals surface area contributed by atoms with Crippen LogP contribution in [-0.2, 0) is 9.53 Å². The summed E-state index contributed by atoms with van der Waals surface area (Å²) in [5.74, 6) is 1.35. The largest absolute Gasteiger partial charge is 0.462 e. The van der Waals surface area contributed by atoms with Crippen molar-refractivity contribution in [2.75, 3.05) is 13.1 Å². The van der Waals surface area contributed by atoms with E-state index in [-0.39, 0.29) is 12.1 Å². The summed E-state index contributed by atoms with van der Waals surface area (Å²) in [6, 6.07) is 0. The Morgan fingerprint density at radius 3 is 2.80 bits per heavy atom. The van der Waals surface area contributed by atoms with Gasteiger partial charge in [0.15, 0.2) is 0 Å². The van der Waals surface area contributed by atoms with E-state index in [9.17, 15) is 4.79 Å². The van der Waals surface area contributed by atoms with Crippen molar-refractivity contribution in [1.82, 2.24) is 5.32 Å². The summed E-state index contributed by atoms with van der Waals surface area (Å²) < 4.78 is 5.73. The summed E-state index contributed by atoms with van der Waals surface area (Å²) in [5, 5.41) is 3.40. The molecular weight excluding hydrogens is 250 g/mol. The predicted octanol–water partition coefficient (Wildman–Crippen LogP) is 3.52. The quantitative estimate of drug-likeness (QED) is 0.801. The second-order valence-electron chi connectivity index (χ2n) is 7.78. The minimum atomic E-state index is 0.0190. The molecule has 3 heteroatoms. The van der Waals surface area contributed by atoms with Gasteiger partial charge >= 0.3 is 5.97 Å². The number of rotatable bonds is 4. The molecule has 0 spiro atoms. The zero-order valence-corrected chi connectivity index (χ0v) is 13.4. The molecule has 1 aliphatic carbocycles. The summed E-state index contributed by atoms with van der Waals surface area (Å²) >= 11 is 0. The van der Waals surface area contributed by atoms with Gasteiger partial charge in [-0.25, -0.2) is 0 Å². The maximum atomic E-state index is 12.0. The molecule has 0 aromatic rings. The van der Waals surface area contributed by atoms with Crippen molar-refractivity contribution in [3.63, 3.8) is 0 Å². The van der Waals surface area contributed by atoms with E-state index in [1.54, 1.807) is 0 Å². The second kappa shape index (κ2) is 6.93. The number of carbonyl (C=O) groups is 1. The van der Waals surface area contributed by atoms with E-state index in [1.807, 2.05) is 0 Å². The van der Waals surface area contributed by atoms with Crippen molar-refractivity contribution >= 4 is 5.97 Å². The summed E-state index contributed by atoms with van der Waals surface area (Å²) in [7, 11) is 0. The van der Waals surface area contributed by atoms with Crippen molar-refractivity contribution in [2.24, 2.45) is 17.3 Å². The highest BCUT2D eigenvalue weighted by molar-refractivity contribution is 5.69. The molecule has 3 nitrogen and oxygen atoms in total. The first kappa shape index (κ1) is 15.8. The minimum absolute atomic E-state index is 0.0190. The zero-order chi connectivity index (χ0) is 14.6. The first-order chi connectivity index (χ1) is 9.44. The van der Waals surface area contributed by atoms with Gasteiger partial charge in [0, 0.05) is 6.42 Å². The number of esters is 1. The lowest BCUT2D eigenvalue weighted by atomic mass is 9.71. The summed E-state index contributed by atoms with van der Waals surface area (Å²) in [4.78, 5) is 12.0. The Bertz CT molecular complexity index is 321. The lowest BCUT2D eigenvalue weighted by Gasteiger charge is -2.38. The van der Waals surface area contributed by atoms with E-state index in [0.29, 0.717) is 23.7 Å². The predicted molar refractivity (Wildman–Crippen MR) is 81.5 cm³/mol. The molecule has 1 heterocycles. The van der Waals surface area contributed by atoms with E-state index in [1.165, 1.54) is 19.3 Å². The maximum Gasteiger partial charge on any atom is 0.306 e. The van der Waals surface area contributed by atoms with E-state index in [0.717, 1.165) is 32.4 Å². The van der Waals surface area contributed by atoms with Crippen LogP contribution >= 0.6 is 0 Å². The van der Waals surface area contributed by atoms with Crippen molar-refractivity contribution in [3.05, 3.63) is 0 Å². The molecule has 2 aliphatic rings. The fourth-order valence-corrected chi connectivity index (χ4v) is 4.09. The van der Waals surface area contributed by atoms with E-state index in [4.69, 9.17) is 4.74 Å². The zero-order valence-electron chi connectivity index (χ0n) is 13.4. The lowest BCUT2D eigenvalue weighted by Crippen LogP contribution is -2.34. The Balaban J connectivity index is 1.70. The molecule has 0 radical (unpaired) electrons. The van der Waals surface area contributed by atoms with Crippen LogP contribution in [0.15, 0.2) is 0 Å². The highest BCUT2D eigenvalue weighted by atomic mass is 16.5. The molecule has 1 aliphatic heterocycles. The van der Waals surface area contributed by atoms with E-state index in [2.05, 4.69) is 26.1 Å². The number of hydrogen-bond donors (Lipinski definition) is 1. The van der Waals surface area contributed by atoms with E-state index >= 15 is 0 Å². The molecule has 0 amide bonds. The van der Waals surface area contributed by atoms with E-state index < -0.39 is 0 Å². The van der Waals surface area contributed by atoms with Crippen LogP contribution in [-0.4, -0.2) is 25.2 Å². The molecule has 1 saturated carbocycles. The smallest absolute Gasteiger partial charge is 0.306 e. The molecule has 0 aromatic heterocycles. The van der Waals surface area contributed by atoms with Gasteiger partial charge in [-0.05, 0) is 68.9 Å². The molecule has 1 saturated heterocycles. The number of piperidine rings is 1. The van der Waals surface area contributed by atoms with Gasteiger partial charge in [0.2, 0.25) is 0 Å². The van der Waals surface area contributed by atoms with Gasteiger partial charge in [-0.1, -0.05) is 20.8 Å². The van der Waals surface area contributed by atoms with Crippen molar-refractivity contribution in [1.29, 1.82) is 0 Å². The van der Waals surface area contributed by atoms with Gasteiger partial charge in [-0.15, -0.1) is 0 Å². The monoisotopic (exact) mass is 281 g/mol. The average Bonchev–Trinajstić information content (AvgIpc) is 2.35. The topological polar surface area (TPSA) is 38.3 Å².